The summed E-state index contributed by atoms with van der Waals surface area (Å²) >= 11 is 17.8. The second kappa shape index (κ2) is 8.52. The van der Waals surface area contributed by atoms with E-state index in [-0.39, 0.29) is 11.7 Å². The summed E-state index contributed by atoms with van der Waals surface area (Å²) in [5.41, 5.74) is 0.732. The van der Waals surface area contributed by atoms with Gasteiger partial charge in [-0.1, -0.05) is 40.9 Å². The zero-order chi connectivity index (χ0) is 18.6. The third-order valence-electron chi connectivity index (χ3n) is 3.37. The Labute approximate surface area is 160 Å². The van der Waals surface area contributed by atoms with Crippen molar-refractivity contribution in [1.29, 1.82) is 0 Å². The largest absolute Gasteiger partial charge is 0.448 e. The maximum absolute atomic E-state index is 12.2. The zero-order valence-electron chi connectivity index (χ0n) is 13.4. The lowest BCUT2D eigenvalue weighted by Gasteiger charge is -2.19. The molecule has 0 fully saturated rings. The van der Waals surface area contributed by atoms with Crippen LogP contribution in [0, 0.1) is 0 Å². The first-order chi connectivity index (χ1) is 11.8. The van der Waals surface area contributed by atoms with Crippen molar-refractivity contribution in [3.05, 3.63) is 62.9 Å². The molecule has 2 atom stereocenters. The number of carbonyl (C=O) groups is 2. The Hall–Kier alpha value is -1.82. The summed E-state index contributed by atoms with van der Waals surface area (Å²) in [6.45, 7) is 3.23. The topological polar surface area (TPSA) is 68.3 Å². The number of aromatic nitrogens is 1. The average molecular weight is 402 g/mol. The van der Waals surface area contributed by atoms with Gasteiger partial charge in [0.15, 0.2) is 6.10 Å². The van der Waals surface area contributed by atoms with Gasteiger partial charge in [-0.2, -0.15) is 0 Å². The number of nitrogens with zero attached hydrogens (tertiary/aromatic N) is 1. The number of rotatable bonds is 5. The maximum atomic E-state index is 12.2. The van der Waals surface area contributed by atoms with Crippen molar-refractivity contribution in [2.45, 2.75) is 26.0 Å². The molecule has 2 rings (SSSR count). The Balaban J connectivity index is 1.98. The molecule has 0 bridgehead atoms. The van der Waals surface area contributed by atoms with E-state index in [1.54, 1.807) is 25.1 Å². The standard InChI is InChI=1S/C17H15Cl3N2O3/c1-9(13-4-3-11(18)7-14(13)20)22-16(23)10(2)25-17(24)15-8-12(19)5-6-21-15/h3-10H,1-2H3,(H,22,23)/t9-,10+/m1/s1. The highest BCUT2D eigenvalue weighted by Crippen LogP contribution is 2.26. The van der Waals surface area contributed by atoms with E-state index >= 15 is 0 Å². The van der Waals surface area contributed by atoms with Gasteiger partial charge in [0.05, 0.1) is 6.04 Å². The highest BCUT2D eigenvalue weighted by Gasteiger charge is 2.22. The van der Waals surface area contributed by atoms with Crippen molar-refractivity contribution in [1.82, 2.24) is 10.3 Å². The minimum Gasteiger partial charge on any atom is -0.448 e. The van der Waals surface area contributed by atoms with E-state index in [0.717, 1.165) is 0 Å². The second-order valence-electron chi connectivity index (χ2n) is 5.30. The van der Waals surface area contributed by atoms with Crippen molar-refractivity contribution < 1.29 is 14.3 Å². The van der Waals surface area contributed by atoms with Crippen molar-refractivity contribution in [2.75, 3.05) is 0 Å². The monoisotopic (exact) mass is 400 g/mol. The van der Waals surface area contributed by atoms with Crippen molar-refractivity contribution in [3.8, 4) is 0 Å². The lowest BCUT2D eigenvalue weighted by Crippen LogP contribution is -2.37. The smallest absolute Gasteiger partial charge is 0.357 e. The number of nitrogens with one attached hydrogen (secondary N) is 1. The third-order valence-corrected chi connectivity index (χ3v) is 4.17. The second-order valence-corrected chi connectivity index (χ2v) is 6.58. The molecule has 132 valence electrons. The Bertz CT molecular complexity index is 798. The highest BCUT2D eigenvalue weighted by atomic mass is 35.5. The predicted molar refractivity (Wildman–Crippen MR) is 97.1 cm³/mol. The van der Waals surface area contributed by atoms with Gasteiger partial charge in [-0.15, -0.1) is 0 Å². The van der Waals surface area contributed by atoms with Gasteiger partial charge in [-0.05, 0) is 43.7 Å². The van der Waals surface area contributed by atoms with Crippen LogP contribution in [0.4, 0.5) is 0 Å². The molecule has 1 N–H and O–H groups in total. The fourth-order valence-corrected chi connectivity index (χ4v) is 2.78. The van der Waals surface area contributed by atoms with Gasteiger partial charge in [0.25, 0.3) is 5.91 Å². The molecule has 8 heteroatoms. The van der Waals surface area contributed by atoms with Crippen LogP contribution in [-0.2, 0) is 9.53 Å². The van der Waals surface area contributed by atoms with Crippen molar-refractivity contribution >= 4 is 46.7 Å². The molecule has 1 amide bonds. The molecule has 5 nitrogen and oxygen atoms in total. The summed E-state index contributed by atoms with van der Waals surface area (Å²) in [6.07, 6.45) is 0.371. The number of amides is 1. The highest BCUT2D eigenvalue weighted by molar-refractivity contribution is 6.35. The van der Waals surface area contributed by atoms with Gasteiger partial charge < -0.3 is 10.1 Å². The van der Waals surface area contributed by atoms with E-state index < -0.39 is 18.0 Å². The molecule has 0 unspecified atom stereocenters. The van der Waals surface area contributed by atoms with Gasteiger partial charge in [0.1, 0.15) is 5.69 Å². The lowest BCUT2D eigenvalue weighted by molar-refractivity contribution is -0.129. The van der Waals surface area contributed by atoms with Gasteiger partial charge in [-0.25, -0.2) is 9.78 Å². The normalized spacial score (nSPS) is 13.0. The van der Waals surface area contributed by atoms with Crippen molar-refractivity contribution in [3.63, 3.8) is 0 Å². The molecule has 0 radical (unpaired) electrons. The maximum Gasteiger partial charge on any atom is 0.357 e. The molecule has 0 saturated carbocycles. The number of benzene rings is 1. The van der Waals surface area contributed by atoms with Crippen LogP contribution in [0.5, 0.6) is 0 Å². The van der Waals surface area contributed by atoms with Crippen LogP contribution < -0.4 is 5.32 Å². The number of hydrogen-bond donors (Lipinski definition) is 1. The molecule has 1 heterocycles. The first-order valence-electron chi connectivity index (χ1n) is 7.35. The number of hydrogen-bond acceptors (Lipinski definition) is 4. The van der Waals surface area contributed by atoms with Crippen LogP contribution in [0.25, 0.3) is 0 Å². The Morgan fingerprint density at radius 2 is 1.76 bits per heavy atom. The van der Waals surface area contributed by atoms with Crippen LogP contribution in [0.1, 0.15) is 35.9 Å². The van der Waals surface area contributed by atoms with Crippen LogP contribution in [0.15, 0.2) is 36.5 Å². The van der Waals surface area contributed by atoms with E-state index in [1.807, 2.05) is 0 Å². The first kappa shape index (κ1) is 19.5. The number of pyridine rings is 1. The third kappa shape index (κ3) is 5.33. The number of esters is 1. The van der Waals surface area contributed by atoms with Crippen molar-refractivity contribution in [2.24, 2.45) is 0 Å². The zero-order valence-corrected chi connectivity index (χ0v) is 15.7. The van der Waals surface area contributed by atoms with E-state index in [2.05, 4.69) is 10.3 Å². The summed E-state index contributed by atoms with van der Waals surface area (Å²) in [6, 6.07) is 7.51. The molecule has 0 spiro atoms. The fraction of sp³-hybridized carbons (Fsp3) is 0.235. The lowest BCUT2D eigenvalue weighted by atomic mass is 10.1. The summed E-state index contributed by atoms with van der Waals surface area (Å²) in [5.74, 6) is -1.20. The number of carbonyl (C=O) groups excluding carboxylic acids is 2. The number of ether oxygens (including phenoxy) is 1. The molecular weight excluding hydrogens is 387 g/mol. The van der Waals surface area contributed by atoms with Crippen LogP contribution in [-0.4, -0.2) is 23.0 Å². The quantitative estimate of drug-likeness (QED) is 0.751. The molecule has 0 aliphatic heterocycles. The summed E-state index contributed by atoms with van der Waals surface area (Å²) in [7, 11) is 0. The molecular formula is C17H15Cl3N2O3. The summed E-state index contributed by atoms with van der Waals surface area (Å²) < 4.78 is 5.11. The van der Waals surface area contributed by atoms with E-state index in [0.29, 0.717) is 20.6 Å². The van der Waals surface area contributed by atoms with Gasteiger partial charge in [0.2, 0.25) is 0 Å². The summed E-state index contributed by atoms with van der Waals surface area (Å²) in [5, 5.41) is 4.03. The van der Waals surface area contributed by atoms with E-state index in [1.165, 1.54) is 25.3 Å². The fourth-order valence-electron chi connectivity index (χ4n) is 2.05. The molecule has 25 heavy (non-hydrogen) atoms. The minimum absolute atomic E-state index is 0.0287. The molecule has 0 aliphatic carbocycles. The molecule has 0 saturated heterocycles. The first-order valence-corrected chi connectivity index (χ1v) is 8.49. The Morgan fingerprint density at radius 3 is 2.40 bits per heavy atom. The SMILES string of the molecule is C[C@H](OC(=O)c1cc(Cl)ccn1)C(=O)N[C@H](C)c1ccc(Cl)cc1Cl. The predicted octanol–water partition coefficient (Wildman–Crippen LogP) is 4.46. The Morgan fingerprint density at radius 1 is 1.08 bits per heavy atom. The van der Waals surface area contributed by atoms with Crippen LogP contribution >= 0.6 is 34.8 Å². The van der Waals surface area contributed by atoms with Gasteiger partial charge in [0, 0.05) is 21.3 Å². The van der Waals surface area contributed by atoms with E-state index in [4.69, 9.17) is 39.5 Å². The Kier molecular flexibility index (Phi) is 6.64. The van der Waals surface area contributed by atoms with Crippen LogP contribution in [0.2, 0.25) is 15.1 Å². The van der Waals surface area contributed by atoms with Crippen LogP contribution in [0.3, 0.4) is 0 Å². The molecule has 1 aromatic carbocycles. The van der Waals surface area contributed by atoms with E-state index in [9.17, 15) is 9.59 Å². The molecule has 1 aromatic heterocycles. The molecule has 0 aliphatic rings. The average Bonchev–Trinajstić information content (AvgIpc) is 2.54. The van der Waals surface area contributed by atoms with Gasteiger partial charge >= 0.3 is 5.97 Å². The number of halogens is 3. The molecule has 2 aromatic rings. The van der Waals surface area contributed by atoms with Gasteiger partial charge in [-0.3, -0.25) is 4.79 Å². The summed E-state index contributed by atoms with van der Waals surface area (Å²) in [4.78, 5) is 28.1. The minimum atomic E-state index is -1.01.